The first-order valence-electron chi connectivity index (χ1n) is 4.28. The van der Waals surface area contributed by atoms with E-state index in [1.807, 2.05) is 0 Å². The summed E-state index contributed by atoms with van der Waals surface area (Å²) < 4.78 is 31.0. The van der Waals surface area contributed by atoms with E-state index in [-0.39, 0.29) is 17.3 Å². The Labute approximate surface area is 97.3 Å². The summed E-state index contributed by atoms with van der Waals surface area (Å²) in [6.07, 6.45) is 0.639. The third-order valence-electron chi connectivity index (χ3n) is 2.20. The Bertz CT molecular complexity index is 630. The molecule has 0 atom stereocenters. The number of fused-ring (bicyclic) bond motifs is 1. The van der Waals surface area contributed by atoms with Crippen molar-refractivity contribution in [3.63, 3.8) is 0 Å². The van der Waals surface area contributed by atoms with E-state index in [9.17, 15) is 18.0 Å². The second-order valence-corrected chi connectivity index (χ2v) is 4.61. The molecule has 0 fully saturated rings. The lowest BCUT2D eigenvalue weighted by molar-refractivity contribution is -0.110. The SMILES string of the molecule is N.O=C1C=C(S(=O)(=O)O)c2ccccc2C1=O. The van der Waals surface area contributed by atoms with Crippen LogP contribution in [0.15, 0.2) is 30.3 Å². The lowest BCUT2D eigenvalue weighted by Gasteiger charge is -2.13. The first kappa shape index (κ1) is 13.2. The molecule has 0 saturated carbocycles. The molecule has 1 aromatic rings. The molecule has 0 radical (unpaired) electrons. The van der Waals surface area contributed by atoms with Crippen LogP contribution in [-0.4, -0.2) is 24.5 Å². The van der Waals surface area contributed by atoms with Crippen LogP contribution in [-0.2, 0) is 14.9 Å². The van der Waals surface area contributed by atoms with E-state index in [1.165, 1.54) is 24.3 Å². The van der Waals surface area contributed by atoms with Gasteiger partial charge < -0.3 is 6.15 Å². The number of rotatable bonds is 1. The van der Waals surface area contributed by atoms with Crippen molar-refractivity contribution in [1.29, 1.82) is 0 Å². The van der Waals surface area contributed by atoms with Crippen LogP contribution >= 0.6 is 0 Å². The van der Waals surface area contributed by atoms with E-state index >= 15 is 0 Å². The van der Waals surface area contributed by atoms with Crippen LogP contribution in [0.25, 0.3) is 4.91 Å². The van der Waals surface area contributed by atoms with Crippen molar-refractivity contribution < 1.29 is 22.6 Å². The van der Waals surface area contributed by atoms with Crippen LogP contribution < -0.4 is 6.15 Å². The molecule has 2 rings (SSSR count). The summed E-state index contributed by atoms with van der Waals surface area (Å²) in [6.45, 7) is 0. The van der Waals surface area contributed by atoms with Crippen molar-refractivity contribution in [2.24, 2.45) is 0 Å². The van der Waals surface area contributed by atoms with E-state index in [0.29, 0.717) is 6.08 Å². The fraction of sp³-hybridized carbons (Fsp3) is 0. The molecule has 0 saturated heterocycles. The Balaban J connectivity index is 0.00000144. The molecule has 0 aromatic heterocycles. The molecule has 1 aliphatic carbocycles. The summed E-state index contributed by atoms with van der Waals surface area (Å²) in [5, 5.41) is 0. The zero-order valence-corrected chi connectivity index (χ0v) is 9.40. The molecule has 0 unspecified atom stereocenters. The molecule has 7 heteroatoms. The number of hydrogen-bond acceptors (Lipinski definition) is 5. The molecule has 4 N–H and O–H groups in total. The average Bonchev–Trinajstić information content (AvgIpc) is 2.22. The van der Waals surface area contributed by atoms with Gasteiger partial charge in [0.15, 0.2) is 0 Å². The van der Waals surface area contributed by atoms with E-state index in [2.05, 4.69) is 0 Å². The Kier molecular flexibility index (Phi) is 3.28. The van der Waals surface area contributed by atoms with Crippen LogP contribution in [0.3, 0.4) is 0 Å². The minimum atomic E-state index is -4.51. The van der Waals surface area contributed by atoms with Gasteiger partial charge in [0.05, 0.1) is 0 Å². The number of carbonyl (C=O) groups excluding carboxylic acids is 2. The van der Waals surface area contributed by atoms with Gasteiger partial charge in [0.2, 0.25) is 11.6 Å². The smallest absolute Gasteiger partial charge is 0.295 e. The fourth-order valence-corrected chi connectivity index (χ4v) is 2.22. The predicted molar refractivity (Wildman–Crippen MR) is 60.3 cm³/mol. The highest BCUT2D eigenvalue weighted by molar-refractivity contribution is 7.95. The van der Waals surface area contributed by atoms with Crippen LogP contribution in [0, 0.1) is 0 Å². The predicted octanol–water partition coefficient (Wildman–Crippen LogP) is 0.843. The van der Waals surface area contributed by atoms with Gasteiger partial charge in [-0.25, -0.2) is 0 Å². The summed E-state index contributed by atoms with van der Waals surface area (Å²) >= 11 is 0. The van der Waals surface area contributed by atoms with Crippen molar-refractivity contribution in [2.75, 3.05) is 0 Å². The standard InChI is InChI=1S/C10H6O5S.H3N/c11-8-5-9(16(13,14)15)6-3-1-2-4-7(6)10(8)12;/h1-5H,(H,13,14,15);1H3. The molecule has 0 aliphatic heterocycles. The quantitative estimate of drug-likeness (QED) is 0.566. The number of ketones is 2. The first-order chi connectivity index (χ1) is 7.41. The lowest BCUT2D eigenvalue weighted by Crippen LogP contribution is -2.21. The van der Waals surface area contributed by atoms with E-state index in [0.717, 1.165) is 0 Å². The zero-order valence-electron chi connectivity index (χ0n) is 8.58. The van der Waals surface area contributed by atoms with Gasteiger partial charge in [-0.2, -0.15) is 8.42 Å². The molecule has 90 valence electrons. The minimum Gasteiger partial charge on any atom is -0.344 e. The highest BCUT2D eigenvalue weighted by Gasteiger charge is 2.30. The maximum absolute atomic E-state index is 11.4. The molecule has 0 spiro atoms. The lowest BCUT2D eigenvalue weighted by atomic mass is 9.95. The normalized spacial score (nSPS) is 14.8. The van der Waals surface area contributed by atoms with E-state index in [4.69, 9.17) is 4.55 Å². The molecule has 1 aromatic carbocycles. The highest BCUT2D eigenvalue weighted by atomic mass is 32.2. The summed E-state index contributed by atoms with van der Waals surface area (Å²) in [5.74, 6) is -1.73. The average molecular weight is 255 g/mol. The number of allylic oxidation sites excluding steroid dienone is 1. The second-order valence-electron chi connectivity index (χ2n) is 3.22. The summed E-state index contributed by atoms with van der Waals surface area (Å²) in [4.78, 5) is 22.1. The summed E-state index contributed by atoms with van der Waals surface area (Å²) in [5.41, 5.74) is 0.0391. The van der Waals surface area contributed by atoms with Crippen molar-refractivity contribution in [1.82, 2.24) is 6.15 Å². The van der Waals surface area contributed by atoms with Crippen molar-refractivity contribution >= 4 is 26.6 Å². The van der Waals surface area contributed by atoms with Gasteiger partial charge in [-0.15, -0.1) is 0 Å². The summed E-state index contributed by atoms with van der Waals surface area (Å²) in [7, 11) is -4.51. The Morgan fingerprint density at radius 3 is 2.06 bits per heavy atom. The van der Waals surface area contributed by atoms with Gasteiger partial charge in [0.1, 0.15) is 4.91 Å². The van der Waals surface area contributed by atoms with Crippen molar-refractivity contribution in [3.05, 3.63) is 41.5 Å². The molecule has 1 aliphatic rings. The van der Waals surface area contributed by atoms with Gasteiger partial charge >= 0.3 is 0 Å². The number of benzene rings is 1. The number of carbonyl (C=O) groups is 2. The Morgan fingerprint density at radius 1 is 1.00 bits per heavy atom. The topological polar surface area (TPSA) is 124 Å². The van der Waals surface area contributed by atoms with Gasteiger partial charge in [-0.05, 0) is 0 Å². The molecular formula is C10H9NO5S. The minimum absolute atomic E-state index is 0. The van der Waals surface area contributed by atoms with Crippen LogP contribution in [0.2, 0.25) is 0 Å². The fourth-order valence-electron chi connectivity index (χ4n) is 1.50. The molecule has 17 heavy (non-hydrogen) atoms. The first-order valence-corrected chi connectivity index (χ1v) is 5.72. The maximum atomic E-state index is 11.4. The number of hydrogen-bond donors (Lipinski definition) is 2. The third kappa shape index (κ3) is 2.16. The highest BCUT2D eigenvalue weighted by Crippen LogP contribution is 2.28. The van der Waals surface area contributed by atoms with Gasteiger partial charge in [-0.1, -0.05) is 24.3 Å². The Morgan fingerprint density at radius 2 is 1.53 bits per heavy atom. The zero-order chi connectivity index (χ0) is 11.9. The molecular weight excluding hydrogens is 246 g/mol. The van der Waals surface area contributed by atoms with E-state index in [1.54, 1.807) is 0 Å². The largest absolute Gasteiger partial charge is 0.344 e. The number of Topliss-reactive ketones (excluding diaryl/α,β-unsaturated/α-hetero) is 1. The van der Waals surface area contributed by atoms with E-state index < -0.39 is 26.6 Å². The van der Waals surface area contributed by atoms with Crippen molar-refractivity contribution in [3.8, 4) is 0 Å². The maximum Gasteiger partial charge on any atom is 0.295 e. The van der Waals surface area contributed by atoms with Crippen LogP contribution in [0.4, 0.5) is 0 Å². The van der Waals surface area contributed by atoms with Gasteiger partial charge in [0.25, 0.3) is 10.1 Å². The third-order valence-corrected chi connectivity index (χ3v) is 3.09. The second kappa shape index (κ2) is 4.21. The molecule has 0 amide bonds. The molecule has 0 bridgehead atoms. The molecule has 6 nitrogen and oxygen atoms in total. The Hall–Kier alpha value is -1.83. The van der Waals surface area contributed by atoms with Crippen molar-refractivity contribution in [2.45, 2.75) is 0 Å². The van der Waals surface area contributed by atoms with Crippen LogP contribution in [0.1, 0.15) is 15.9 Å². The van der Waals surface area contributed by atoms with Crippen LogP contribution in [0.5, 0.6) is 0 Å². The molecule has 0 heterocycles. The van der Waals surface area contributed by atoms with Gasteiger partial charge in [-0.3, -0.25) is 14.1 Å². The summed E-state index contributed by atoms with van der Waals surface area (Å²) in [6, 6.07) is 5.73. The van der Waals surface area contributed by atoms with Gasteiger partial charge in [0, 0.05) is 17.2 Å². The monoisotopic (exact) mass is 255 g/mol.